The molecule has 0 radical (unpaired) electrons. The standard InChI is InChI=1S/C16H28N6O2/c1-5-21(6-2)16(24)14-7-12(17)8-22(14)10-15(23)18-13-9-20(4)19-11(13)3/h9,12,14H,5-8,10,17H2,1-4H3,(H,18,23)/t12-,14-/m0/s1. The predicted octanol–water partition coefficient (Wildman–Crippen LogP) is -0.0630. The number of aryl methyl sites for hydroxylation is 2. The molecule has 0 spiro atoms. The molecule has 0 aromatic carbocycles. The first kappa shape index (κ1) is 18.4. The summed E-state index contributed by atoms with van der Waals surface area (Å²) in [6, 6.07) is -0.400. The van der Waals surface area contributed by atoms with Crippen molar-refractivity contribution in [1.82, 2.24) is 19.6 Å². The predicted molar refractivity (Wildman–Crippen MR) is 92.5 cm³/mol. The minimum absolute atomic E-state index is 0.0540. The van der Waals surface area contributed by atoms with Crippen LogP contribution < -0.4 is 11.1 Å². The minimum atomic E-state index is -0.319. The van der Waals surface area contributed by atoms with Crippen LogP contribution in [-0.2, 0) is 16.6 Å². The third-order valence-electron chi connectivity index (χ3n) is 4.43. The number of nitrogens with two attached hydrogens (primary N) is 1. The van der Waals surface area contributed by atoms with E-state index < -0.39 is 0 Å². The number of amides is 2. The van der Waals surface area contributed by atoms with Crippen molar-refractivity contribution in [3.63, 3.8) is 0 Å². The minimum Gasteiger partial charge on any atom is -0.342 e. The van der Waals surface area contributed by atoms with E-state index in [9.17, 15) is 9.59 Å². The van der Waals surface area contributed by atoms with Gasteiger partial charge in [-0.15, -0.1) is 0 Å². The molecule has 1 aliphatic heterocycles. The van der Waals surface area contributed by atoms with Crippen LogP contribution in [0.5, 0.6) is 0 Å². The molecule has 2 amide bonds. The van der Waals surface area contributed by atoms with Gasteiger partial charge in [0.15, 0.2) is 0 Å². The van der Waals surface area contributed by atoms with Crippen LogP contribution in [0.1, 0.15) is 26.0 Å². The van der Waals surface area contributed by atoms with Crippen molar-refractivity contribution in [1.29, 1.82) is 0 Å². The summed E-state index contributed by atoms with van der Waals surface area (Å²) in [5, 5.41) is 7.06. The van der Waals surface area contributed by atoms with Gasteiger partial charge in [-0.3, -0.25) is 19.2 Å². The lowest BCUT2D eigenvalue weighted by Crippen LogP contribution is -2.47. The maximum atomic E-state index is 12.6. The first-order valence-corrected chi connectivity index (χ1v) is 8.44. The molecule has 134 valence electrons. The number of hydrogen-bond acceptors (Lipinski definition) is 5. The molecular formula is C16H28N6O2. The Balaban J connectivity index is 2.02. The highest BCUT2D eigenvalue weighted by atomic mass is 16.2. The molecule has 24 heavy (non-hydrogen) atoms. The van der Waals surface area contributed by atoms with Crippen molar-refractivity contribution < 1.29 is 9.59 Å². The fourth-order valence-electron chi connectivity index (χ4n) is 3.21. The van der Waals surface area contributed by atoms with Crippen molar-refractivity contribution in [3.8, 4) is 0 Å². The molecule has 8 nitrogen and oxygen atoms in total. The number of aromatic nitrogens is 2. The van der Waals surface area contributed by atoms with E-state index >= 15 is 0 Å². The van der Waals surface area contributed by atoms with Crippen LogP contribution in [0, 0.1) is 6.92 Å². The zero-order valence-corrected chi connectivity index (χ0v) is 15.0. The normalized spacial score (nSPS) is 21.0. The summed E-state index contributed by atoms with van der Waals surface area (Å²) < 4.78 is 1.66. The van der Waals surface area contributed by atoms with Gasteiger partial charge in [-0.1, -0.05) is 0 Å². The summed E-state index contributed by atoms with van der Waals surface area (Å²) >= 11 is 0. The second-order valence-corrected chi connectivity index (χ2v) is 6.30. The summed E-state index contributed by atoms with van der Waals surface area (Å²) in [5.41, 5.74) is 7.49. The van der Waals surface area contributed by atoms with Crippen LogP contribution in [0.25, 0.3) is 0 Å². The van der Waals surface area contributed by atoms with Crippen LogP contribution in [0.3, 0.4) is 0 Å². The zero-order chi connectivity index (χ0) is 17.9. The fraction of sp³-hybridized carbons (Fsp3) is 0.688. The Bertz CT molecular complexity index is 595. The molecule has 1 saturated heterocycles. The Hall–Kier alpha value is -1.93. The van der Waals surface area contributed by atoms with Crippen LogP contribution in [-0.4, -0.2) is 69.7 Å². The second-order valence-electron chi connectivity index (χ2n) is 6.30. The number of hydrogen-bond donors (Lipinski definition) is 2. The average Bonchev–Trinajstić information content (AvgIpc) is 3.02. The van der Waals surface area contributed by atoms with Crippen LogP contribution in [0.2, 0.25) is 0 Å². The van der Waals surface area contributed by atoms with Gasteiger partial charge >= 0.3 is 0 Å². The average molecular weight is 336 g/mol. The Morgan fingerprint density at radius 1 is 1.42 bits per heavy atom. The Morgan fingerprint density at radius 3 is 2.62 bits per heavy atom. The molecule has 2 rings (SSSR count). The van der Waals surface area contributed by atoms with E-state index in [1.807, 2.05) is 25.7 Å². The van der Waals surface area contributed by atoms with E-state index in [4.69, 9.17) is 5.73 Å². The molecule has 2 atom stereocenters. The van der Waals surface area contributed by atoms with E-state index in [0.717, 1.165) is 5.69 Å². The third kappa shape index (κ3) is 4.12. The topological polar surface area (TPSA) is 96.5 Å². The number of carbonyl (C=O) groups excluding carboxylic acids is 2. The van der Waals surface area contributed by atoms with Crippen molar-refractivity contribution in [2.24, 2.45) is 12.8 Å². The molecule has 0 unspecified atom stereocenters. The van der Waals surface area contributed by atoms with E-state index in [2.05, 4.69) is 10.4 Å². The molecule has 2 heterocycles. The van der Waals surface area contributed by atoms with E-state index in [1.54, 1.807) is 22.8 Å². The summed E-state index contributed by atoms with van der Waals surface area (Å²) in [7, 11) is 1.81. The molecule has 0 aliphatic carbocycles. The van der Waals surface area contributed by atoms with Crippen molar-refractivity contribution >= 4 is 17.5 Å². The van der Waals surface area contributed by atoms with E-state index in [0.29, 0.717) is 31.7 Å². The van der Waals surface area contributed by atoms with Gasteiger partial charge in [0.1, 0.15) is 0 Å². The summed E-state index contributed by atoms with van der Waals surface area (Å²) in [4.78, 5) is 28.7. The van der Waals surface area contributed by atoms with Crippen LogP contribution >= 0.6 is 0 Å². The molecule has 1 aliphatic rings. The van der Waals surface area contributed by atoms with Gasteiger partial charge in [0.2, 0.25) is 11.8 Å². The molecule has 0 bridgehead atoms. The first-order valence-electron chi connectivity index (χ1n) is 8.44. The highest BCUT2D eigenvalue weighted by Crippen LogP contribution is 2.19. The van der Waals surface area contributed by atoms with Crippen molar-refractivity contribution in [3.05, 3.63) is 11.9 Å². The molecular weight excluding hydrogens is 308 g/mol. The summed E-state index contributed by atoms with van der Waals surface area (Å²) in [6.07, 6.45) is 2.36. The van der Waals surface area contributed by atoms with E-state index in [-0.39, 0.29) is 30.4 Å². The first-order chi connectivity index (χ1) is 11.3. The molecule has 1 aromatic rings. The van der Waals surface area contributed by atoms with Gasteiger partial charge < -0.3 is 16.0 Å². The third-order valence-corrected chi connectivity index (χ3v) is 4.43. The molecule has 1 fully saturated rings. The maximum Gasteiger partial charge on any atom is 0.239 e. The quantitative estimate of drug-likeness (QED) is 0.758. The monoisotopic (exact) mass is 336 g/mol. The zero-order valence-electron chi connectivity index (χ0n) is 15.0. The van der Waals surface area contributed by atoms with Gasteiger partial charge in [-0.25, -0.2) is 0 Å². The highest BCUT2D eigenvalue weighted by molar-refractivity contribution is 5.93. The lowest BCUT2D eigenvalue weighted by Gasteiger charge is -2.28. The van der Waals surface area contributed by atoms with Gasteiger partial charge in [0.25, 0.3) is 0 Å². The number of anilines is 1. The SMILES string of the molecule is CCN(CC)C(=O)[C@@H]1C[C@H](N)CN1CC(=O)Nc1cn(C)nc1C. The number of nitrogens with one attached hydrogen (secondary N) is 1. The Labute approximate surface area is 143 Å². The van der Waals surface area contributed by atoms with Gasteiger partial charge in [-0.05, 0) is 27.2 Å². The number of likely N-dealkylation sites (tertiary alicyclic amines) is 1. The van der Waals surface area contributed by atoms with Crippen molar-refractivity contribution in [2.45, 2.75) is 39.3 Å². The Kier molecular flexibility index (Phi) is 5.95. The fourth-order valence-corrected chi connectivity index (χ4v) is 3.21. The van der Waals surface area contributed by atoms with Gasteiger partial charge in [-0.2, -0.15) is 5.10 Å². The largest absolute Gasteiger partial charge is 0.342 e. The lowest BCUT2D eigenvalue weighted by atomic mass is 10.1. The summed E-state index contributed by atoms with van der Waals surface area (Å²) in [5.74, 6) is -0.101. The Morgan fingerprint density at radius 2 is 2.08 bits per heavy atom. The van der Waals surface area contributed by atoms with Gasteiger partial charge in [0.05, 0.1) is 24.0 Å². The highest BCUT2D eigenvalue weighted by Gasteiger charge is 2.37. The second kappa shape index (κ2) is 7.76. The number of nitrogens with zero attached hydrogens (tertiary/aromatic N) is 4. The number of rotatable bonds is 6. The van der Waals surface area contributed by atoms with Gasteiger partial charge in [0, 0.05) is 38.9 Å². The number of carbonyl (C=O) groups is 2. The molecule has 3 N–H and O–H groups in total. The van der Waals surface area contributed by atoms with Crippen LogP contribution in [0.15, 0.2) is 6.20 Å². The van der Waals surface area contributed by atoms with Crippen molar-refractivity contribution in [2.75, 3.05) is 31.5 Å². The smallest absolute Gasteiger partial charge is 0.239 e. The van der Waals surface area contributed by atoms with E-state index in [1.165, 1.54) is 0 Å². The summed E-state index contributed by atoms with van der Waals surface area (Å²) in [6.45, 7) is 7.79. The van der Waals surface area contributed by atoms with Crippen LogP contribution in [0.4, 0.5) is 5.69 Å². The maximum absolute atomic E-state index is 12.6. The number of likely N-dealkylation sites (N-methyl/N-ethyl adjacent to an activating group) is 1. The molecule has 0 saturated carbocycles. The molecule has 8 heteroatoms. The molecule has 1 aromatic heterocycles. The lowest BCUT2D eigenvalue weighted by molar-refractivity contribution is -0.136.